The molecule has 0 saturated carbocycles. The second kappa shape index (κ2) is 5.06. The normalized spacial score (nSPS) is 10.2. The average Bonchev–Trinajstić information content (AvgIpc) is 2.31. The Morgan fingerprint density at radius 2 is 1.82 bits per heavy atom. The predicted molar refractivity (Wildman–Crippen MR) is 66.8 cm³/mol. The van der Waals surface area contributed by atoms with Crippen LogP contribution in [0.1, 0.15) is 5.56 Å². The Hall–Kier alpha value is -1.74. The van der Waals surface area contributed by atoms with E-state index in [4.69, 9.17) is 16.7 Å². The zero-order valence-electron chi connectivity index (χ0n) is 8.95. The molecule has 2 N–H and O–H groups in total. The van der Waals surface area contributed by atoms with Crippen LogP contribution < -0.4 is 5.32 Å². The van der Waals surface area contributed by atoms with Gasteiger partial charge in [-0.25, -0.2) is 4.39 Å². The quantitative estimate of drug-likeness (QED) is 0.814. The fraction of sp³-hybridized carbons (Fsp3) is 0.0769. The van der Waals surface area contributed by atoms with Gasteiger partial charge >= 0.3 is 0 Å². The van der Waals surface area contributed by atoms with Gasteiger partial charge in [0.2, 0.25) is 0 Å². The molecule has 0 aliphatic rings. The fourth-order valence-corrected chi connectivity index (χ4v) is 1.70. The highest BCUT2D eigenvalue weighted by atomic mass is 35.5. The van der Waals surface area contributed by atoms with Gasteiger partial charge in [0.05, 0.1) is 0 Å². The third-order valence-corrected chi connectivity index (χ3v) is 2.75. The number of rotatable bonds is 3. The summed E-state index contributed by atoms with van der Waals surface area (Å²) in [6, 6.07) is 11.1. The van der Waals surface area contributed by atoms with E-state index in [1.54, 1.807) is 36.4 Å². The first-order valence-corrected chi connectivity index (χ1v) is 5.50. The molecular weight excluding hydrogens is 241 g/mol. The van der Waals surface area contributed by atoms with Crippen LogP contribution in [0.25, 0.3) is 0 Å². The summed E-state index contributed by atoms with van der Waals surface area (Å²) in [6.07, 6.45) is 0. The smallest absolute Gasteiger partial charge is 0.129 e. The van der Waals surface area contributed by atoms with E-state index in [9.17, 15) is 4.39 Å². The van der Waals surface area contributed by atoms with Crippen molar-refractivity contribution in [3.05, 3.63) is 58.9 Å². The van der Waals surface area contributed by atoms with Crippen molar-refractivity contribution >= 4 is 17.3 Å². The van der Waals surface area contributed by atoms with Crippen LogP contribution in [0.5, 0.6) is 5.75 Å². The Labute approximate surface area is 104 Å². The molecule has 2 aromatic rings. The van der Waals surface area contributed by atoms with Crippen molar-refractivity contribution in [2.75, 3.05) is 5.32 Å². The fourth-order valence-electron chi connectivity index (χ4n) is 1.47. The molecule has 0 atom stereocenters. The number of hydrogen-bond acceptors (Lipinski definition) is 2. The van der Waals surface area contributed by atoms with Crippen molar-refractivity contribution in [1.82, 2.24) is 0 Å². The maximum absolute atomic E-state index is 13.5. The second-order valence-corrected chi connectivity index (χ2v) is 4.01. The lowest BCUT2D eigenvalue weighted by Gasteiger charge is -2.09. The van der Waals surface area contributed by atoms with Gasteiger partial charge in [0.1, 0.15) is 11.6 Å². The number of hydrogen-bond donors (Lipinski definition) is 2. The summed E-state index contributed by atoms with van der Waals surface area (Å²) in [4.78, 5) is 0. The molecule has 4 heteroatoms. The summed E-state index contributed by atoms with van der Waals surface area (Å²) in [7, 11) is 0. The van der Waals surface area contributed by atoms with Crippen molar-refractivity contribution < 1.29 is 9.50 Å². The first kappa shape index (κ1) is 11.7. The van der Waals surface area contributed by atoms with Crippen LogP contribution in [-0.4, -0.2) is 5.11 Å². The summed E-state index contributed by atoms with van der Waals surface area (Å²) >= 11 is 5.90. The van der Waals surface area contributed by atoms with Gasteiger partial charge in [-0.1, -0.05) is 17.7 Å². The van der Waals surface area contributed by atoms with Crippen molar-refractivity contribution in [2.45, 2.75) is 6.54 Å². The maximum atomic E-state index is 13.5. The number of anilines is 1. The number of phenolic OH excluding ortho intramolecular Hbond substituents is 1. The van der Waals surface area contributed by atoms with Crippen molar-refractivity contribution in [3.8, 4) is 5.75 Å². The van der Waals surface area contributed by atoms with Gasteiger partial charge in [0.15, 0.2) is 0 Å². The average molecular weight is 252 g/mol. The highest BCUT2D eigenvalue weighted by molar-refractivity contribution is 6.31. The third kappa shape index (κ3) is 2.88. The van der Waals surface area contributed by atoms with Crippen LogP contribution in [-0.2, 0) is 6.54 Å². The van der Waals surface area contributed by atoms with E-state index in [1.807, 2.05) is 0 Å². The molecule has 2 aromatic carbocycles. The minimum atomic E-state index is -0.330. The summed E-state index contributed by atoms with van der Waals surface area (Å²) < 4.78 is 13.5. The third-order valence-electron chi connectivity index (χ3n) is 2.40. The molecule has 0 unspecified atom stereocenters. The highest BCUT2D eigenvalue weighted by Gasteiger charge is 2.06. The Morgan fingerprint density at radius 3 is 2.47 bits per heavy atom. The molecule has 17 heavy (non-hydrogen) atoms. The van der Waals surface area contributed by atoms with E-state index < -0.39 is 0 Å². The zero-order chi connectivity index (χ0) is 12.3. The van der Waals surface area contributed by atoms with Gasteiger partial charge in [0, 0.05) is 22.8 Å². The maximum Gasteiger partial charge on any atom is 0.129 e. The molecule has 0 aliphatic heterocycles. The van der Waals surface area contributed by atoms with E-state index in [0.29, 0.717) is 17.1 Å². The molecule has 0 radical (unpaired) electrons. The minimum Gasteiger partial charge on any atom is -0.508 e. The first-order valence-electron chi connectivity index (χ1n) is 5.12. The van der Waals surface area contributed by atoms with Gasteiger partial charge in [-0.05, 0) is 36.4 Å². The van der Waals surface area contributed by atoms with Gasteiger partial charge in [-0.15, -0.1) is 0 Å². The SMILES string of the molecule is Oc1ccc(NCc2c(F)cccc2Cl)cc1. The molecule has 2 nitrogen and oxygen atoms in total. The topological polar surface area (TPSA) is 32.3 Å². The van der Waals surface area contributed by atoms with Crippen LogP contribution in [0.3, 0.4) is 0 Å². The molecule has 0 aliphatic carbocycles. The van der Waals surface area contributed by atoms with Gasteiger partial charge in [-0.3, -0.25) is 0 Å². The number of halogens is 2. The molecule has 2 rings (SSSR count). The summed E-state index contributed by atoms with van der Waals surface area (Å²) in [5.41, 5.74) is 1.23. The Kier molecular flexibility index (Phi) is 3.49. The zero-order valence-corrected chi connectivity index (χ0v) is 9.71. The molecule has 0 bridgehead atoms. The van der Waals surface area contributed by atoms with E-state index in [0.717, 1.165) is 5.69 Å². The predicted octanol–water partition coefficient (Wildman–Crippen LogP) is 3.80. The highest BCUT2D eigenvalue weighted by Crippen LogP contribution is 2.21. The molecular formula is C13H11ClFNO. The summed E-state index contributed by atoms with van der Waals surface area (Å²) in [5.74, 6) is -0.136. The van der Waals surface area contributed by atoms with E-state index in [-0.39, 0.29) is 11.6 Å². The Balaban J connectivity index is 2.10. The van der Waals surface area contributed by atoms with Crippen LogP contribution in [0.15, 0.2) is 42.5 Å². The van der Waals surface area contributed by atoms with Crippen LogP contribution >= 0.6 is 11.6 Å². The first-order chi connectivity index (χ1) is 8.16. The van der Waals surface area contributed by atoms with Gasteiger partial charge in [0.25, 0.3) is 0 Å². The molecule has 0 amide bonds. The second-order valence-electron chi connectivity index (χ2n) is 3.60. The lowest BCUT2D eigenvalue weighted by Crippen LogP contribution is -2.02. The molecule has 0 spiro atoms. The molecule has 0 aromatic heterocycles. The summed E-state index contributed by atoms with van der Waals surface area (Å²) in [5, 5.41) is 12.6. The van der Waals surface area contributed by atoms with Crippen molar-refractivity contribution in [1.29, 1.82) is 0 Å². The van der Waals surface area contributed by atoms with Crippen LogP contribution in [0.4, 0.5) is 10.1 Å². The van der Waals surface area contributed by atoms with E-state index in [1.165, 1.54) is 6.07 Å². The van der Waals surface area contributed by atoms with E-state index >= 15 is 0 Å². The van der Waals surface area contributed by atoms with Gasteiger partial charge < -0.3 is 10.4 Å². The number of aromatic hydroxyl groups is 1. The van der Waals surface area contributed by atoms with Crippen LogP contribution in [0.2, 0.25) is 5.02 Å². The number of benzene rings is 2. The summed E-state index contributed by atoms with van der Waals surface area (Å²) in [6.45, 7) is 0.302. The number of phenols is 1. The van der Waals surface area contributed by atoms with Crippen LogP contribution in [0, 0.1) is 5.82 Å². The van der Waals surface area contributed by atoms with Gasteiger partial charge in [-0.2, -0.15) is 0 Å². The molecule has 0 fully saturated rings. The lowest BCUT2D eigenvalue weighted by atomic mass is 10.2. The lowest BCUT2D eigenvalue weighted by molar-refractivity contribution is 0.475. The van der Waals surface area contributed by atoms with E-state index in [2.05, 4.69) is 5.32 Å². The largest absolute Gasteiger partial charge is 0.508 e. The number of nitrogens with one attached hydrogen (secondary N) is 1. The minimum absolute atomic E-state index is 0.194. The standard InChI is InChI=1S/C13H11ClFNO/c14-12-2-1-3-13(15)11(12)8-16-9-4-6-10(17)7-5-9/h1-7,16-17H,8H2. The Morgan fingerprint density at radius 1 is 1.12 bits per heavy atom. The molecule has 88 valence electrons. The Bertz CT molecular complexity index is 493. The molecule has 0 saturated heterocycles. The van der Waals surface area contributed by atoms with Crippen molar-refractivity contribution in [2.24, 2.45) is 0 Å². The molecule has 0 heterocycles. The monoisotopic (exact) mass is 251 g/mol. The van der Waals surface area contributed by atoms with Crippen molar-refractivity contribution in [3.63, 3.8) is 0 Å².